The van der Waals surface area contributed by atoms with Crippen LogP contribution in [-0.4, -0.2) is 51.8 Å². The highest BCUT2D eigenvalue weighted by atomic mass is 16.5. The molecule has 1 N–H and O–H groups in total. The molecule has 0 aliphatic carbocycles. The van der Waals surface area contributed by atoms with Crippen LogP contribution < -0.4 is 0 Å². The quantitative estimate of drug-likeness (QED) is 0.734. The summed E-state index contributed by atoms with van der Waals surface area (Å²) in [6.07, 6.45) is 3.28. The fourth-order valence-corrected chi connectivity index (χ4v) is 1.69. The Labute approximate surface area is 93.4 Å². The molecule has 0 unspecified atom stereocenters. The number of aromatic nitrogens is 2. The maximum Gasteiger partial charge on any atom is 0.242 e. The number of rotatable bonds is 3. The van der Waals surface area contributed by atoms with E-state index in [9.17, 15) is 4.79 Å². The predicted octanol–water partition coefficient (Wildman–Crippen LogP) is -0.766. The van der Waals surface area contributed by atoms with E-state index in [1.54, 1.807) is 21.9 Å². The molecule has 16 heavy (non-hydrogen) atoms. The van der Waals surface area contributed by atoms with Crippen molar-refractivity contribution in [2.75, 3.05) is 26.3 Å². The summed E-state index contributed by atoms with van der Waals surface area (Å²) in [7, 11) is 0. The number of amides is 1. The number of carbonyl (C=O) groups is 1. The van der Waals surface area contributed by atoms with Gasteiger partial charge in [-0.2, -0.15) is 0 Å². The molecule has 88 valence electrons. The zero-order valence-electron chi connectivity index (χ0n) is 9.00. The van der Waals surface area contributed by atoms with Gasteiger partial charge in [0.15, 0.2) is 0 Å². The molecule has 1 aromatic heterocycles. The number of hydrogen-bond donors (Lipinski definition) is 1. The molecule has 0 bridgehead atoms. The average Bonchev–Trinajstić information content (AvgIpc) is 2.77. The van der Waals surface area contributed by atoms with Crippen LogP contribution in [0.1, 0.15) is 5.82 Å². The molecule has 1 aliphatic rings. The van der Waals surface area contributed by atoms with Gasteiger partial charge in [0.1, 0.15) is 19.0 Å². The Kier molecular flexibility index (Phi) is 3.53. The van der Waals surface area contributed by atoms with Gasteiger partial charge in [0.05, 0.1) is 13.2 Å². The van der Waals surface area contributed by atoms with E-state index in [1.165, 1.54) is 0 Å². The topological polar surface area (TPSA) is 67.6 Å². The molecule has 1 saturated heterocycles. The highest BCUT2D eigenvalue weighted by Gasteiger charge is 2.17. The van der Waals surface area contributed by atoms with E-state index >= 15 is 0 Å². The largest absolute Gasteiger partial charge is 0.388 e. The van der Waals surface area contributed by atoms with Gasteiger partial charge in [-0.05, 0) is 0 Å². The summed E-state index contributed by atoms with van der Waals surface area (Å²) in [5.41, 5.74) is 0. The molecular formula is C10H15N3O3. The SMILES string of the molecule is O=C(Cn1ccnc1CO)N1CCOCC1. The van der Waals surface area contributed by atoms with Crippen LogP contribution in [0.15, 0.2) is 12.4 Å². The second-order valence-corrected chi connectivity index (χ2v) is 3.62. The minimum absolute atomic E-state index is 0.0380. The minimum Gasteiger partial charge on any atom is -0.388 e. The third kappa shape index (κ3) is 2.40. The molecule has 1 amide bonds. The molecule has 1 aromatic rings. The second kappa shape index (κ2) is 5.09. The van der Waals surface area contributed by atoms with Crippen LogP contribution in [0.5, 0.6) is 0 Å². The first kappa shape index (κ1) is 11.1. The Bertz CT molecular complexity index is 358. The van der Waals surface area contributed by atoms with E-state index in [0.717, 1.165) is 0 Å². The average molecular weight is 225 g/mol. The van der Waals surface area contributed by atoms with Crippen molar-refractivity contribution < 1.29 is 14.6 Å². The number of imidazole rings is 1. The summed E-state index contributed by atoms with van der Waals surface area (Å²) in [5, 5.41) is 9.00. The highest BCUT2D eigenvalue weighted by molar-refractivity contribution is 5.76. The van der Waals surface area contributed by atoms with E-state index in [0.29, 0.717) is 32.1 Å². The van der Waals surface area contributed by atoms with E-state index in [1.807, 2.05) is 0 Å². The molecule has 1 aliphatic heterocycles. The van der Waals surface area contributed by atoms with Gasteiger partial charge in [0, 0.05) is 25.5 Å². The second-order valence-electron chi connectivity index (χ2n) is 3.62. The monoisotopic (exact) mass is 225 g/mol. The Morgan fingerprint density at radius 1 is 1.50 bits per heavy atom. The molecule has 0 spiro atoms. The lowest BCUT2D eigenvalue weighted by atomic mass is 10.4. The first-order valence-electron chi connectivity index (χ1n) is 5.27. The van der Waals surface area contributed by atoms with Crippen molar-refractivity contribution in [2.45, 2.75) is 13.2 Å². The van der Waals surface area contributed by atoms with Crippen LogP contribution in [0.4, 0.5) is 0 Å². The Hall–Kier alpha value is -1.40. The molecule has 2 rings (SSSR count). The molecule has 0 atom stereocenters. The summed E-state index contributed by atoms with van der Waals surface area (Å²) < 4.78 is 6.84. The lowest BCUT2D eigenvalue weighted by Gasteiger charge is -2.27. The first-order chi connectivity index (χ1) is 7.81. The number of carbonyl (C=O) groups excluding carboxylic acids is 1. The molecule has 0 aromatic carbocycles. The van der Waals surface area contributed by atoms with E-state index in [-0.39, 0.29) is 19.1 Å². The summed E-state index contributed by atoms with van der Waals surface area (Å²) >= 11 is 0. The van der Waals surface area contributed by atoms with Gasteiger partial charge < -0.3 is 19.3 Å². The van der Waals surface area contributed by atoms with Crippen molar-refractivity contribution in [3.8, 4) is 0 Å². The summed E-state index contributed by atoms with van der Waals surface area (Å²) in [4.78, 5) is 17.6. The van der Waals surface area contributed by atoms with E-state index in [4.69, 9.17) is 9.84 Å². The smallest absolute Gasteiger partial charge is 0.242 e. The van der Waals surface area contributed by atoms with Gasteiger partial charge in [-0.15, -0.1) is 0 Å². The standard InChI is InChI=1S/C10H15N3O3/c14-8-9-11-1-2-13(9)7-10(15)12-3-5-16-6-4-12/h1-2,14H,3-8H2. The number of aliphatic hydroxyl groups is 1. The van der Waals surface area contributed by atoms with Crippen molar-refractivity contribution >= 4 is 5.91 Å². The van der Waals surface area contributed by atoms with Crippen molar-refractivity contribution in [2.24, 2.45) is 0 Å². The predicted molar refractivity (Wildman–Crippen MR) is 55.5 cm³/mol. The van der Waals surface area contributed by atoms with Gasteiger partial charge in [0.2, 0.25) is 5.91 Å². The van der Waals surface area contributed by atoms with Gasteiger partial charge in [-0.25, -0.2) is 4.98 Å². The van der Waals surface area contributed by atoms with Crippen molar-refractivity contribution in [1.82, 2.24) is 14.5 Å². The van der Waals surface area contributed by atoms with Crippen LogP contribution in [-0.2, 0) is 22.7 Å². The molecule has 0 saturated carbocycles. The van der Waals surface area contributed by atoms with Gasteiger partial charge in [-0.3, -0.25) is 4.79 Å². The van der Waals surface area contributed by atoms with Crippen molar-refractivity contribution in [3.05, 3.63) is 18.2 Å². The van der Waals surface area contributed by atoms with Gasteiger partial charge >= 0.3 is 0 Å². The normalized spacial score (nSPS) is 16.4. The Morgan fingerprint density at radius 2 is 2.25 bits per heavy atom. The number of aliphatic hydroxyl groups excluding tert-OH is 1. The molecule has 0 radical (unpaired) electrons. The fraction of sp³-hybridized carbons (Fsp3) is 0.600. The van der Waals surface area contributed by atoms with Gasteiger partial charge in [0.25, 0.3) is 0 Å². The van der Waals surface area contributed by atoms with Crippen LogP contribution in [0, 0.1) is 0 Å². The maximum absolute atomic E-state index is 11.9. The number of nitrogens with zero attached hydrogens (tertiary/aromatic N) is 3. The van der Waals surface area contributed by atoms with E-state index in [2.05, 4.69) is 4.98 Å². The van der Waals surface area contributed by atoms with Crippen LogP contribution in [0.25, 0.3) is 0 Å². The van der Waals surface area contributed by atoms with Gasteiger partial charge in [-0.1, -0.05) is 0 Å². The van der Waals surface area contributed by atoms with Crippen LogP contribution in [0.3, 0.4) is 0 Å². The molecule has 2 heterocycles. The third-order valence-electron chi connectivity index (χ3n) is 2.61. The van der Waals surface area contributed by atoms with E-state index < -0.39 is 0 Å². The number of hydrogen-bond acceptors (Lipinski definition) is 4. The zero-order chi connectivity index (χ0) is 11.4. The summed E-state index contributed by atoms with van der Waals surface area (Å²) in [6.45, 7) is 2.56. The summed E-state index contributed by atoms with van der Waals surface area (Å²) in [5.74, 6) is 0.553. The minimum atomic E-state index is -0.149. The van der Waals surface area contributed by atoms with Crippen molar-refractivity contribution in [1.29, 1.82) is 0 Å². The Balaban J connectivity index is 1.95. The lowest BCUT2D eigenvalue weighted by Crippen LogP contribution is -2.42. The Morgan fingerprint density at radius 3 is 2.94 bits per heavy atom. The third-order valence-corrected chi connectivity index (χ3v) is 2.61. The maximum atomic E-state index is 11.9. The fourth-order valence-electron chi connectivity index (χ4n) is 1.69. The lowest BCUT2D eigenvalue weighted by molar-refractivity contribution is -0.135. The van der Waals surface area contributed by atoms with Crippen LogP contribution >= 0.6 is 0 Å². The number of ether oxygens (including phenoxy) is 1. The van der Waals surface area contributed by atoms with Crippen LogP contribution in [0.2, 0.25) is 0 Å². The zero-order valence-corrected chi connectivity index (χ0v) is 9.00. The number of morpholine rings is 1. The first-order valence-corrected chi connectivity index (χ1v) is 5.27. The van der Waals surface area contributed by atoms with Crippen molar-refractivity contribution in [3.63, 3.8) is 0 Å². The highest BCUT2D eigenvalue weighted by Crippen LogP contribution is 2.02. The molecular weight excluding hydrogens is 210 g/mol. The molecule has 6 nitrogen and oxygen atoms in total. The molecule has 1 fully saturated rings. The summed E-state index contributed by atoms with van der Waals surface area (Å²) in [6, 6.07) is 0. The molecule has 6 heteroatoms.